The lowest BCUT2D eigenvalue weighted by Crippen LogP contribution is -2.43. The van der Waals surface area contributed by atoms with Crippen LogP contribution in [0.25, 0.3) is 0 Å². The minimum absolute atomic E-state index is 0.0181. The Labute approximate surface area is 146 Å². The van der Waals surface area contributed by atoms with Gasteiger partial charge in [-0.05, 0) is 24.8 Å². The van der Waals surface area contributed by atoms with Gasteiger partial charge in [0.05, 0.1) is 24.2 Å². The SMILES string of the molecule is CC(C)c1nccc([C@H]2C[C@H]3CCN(c4ncc(F)cn4)C[C@@H]3O2)n1. The molecule has 0 saturated carbocycles. The van der Waals surface area contributed by atoms with Crippen molar-refractivity contribution < 1.29 is 9.13 Å². The van der Waals surface area contributed by atoms with Crippen molar-refractivity contribution in [2.24, 2.45) is 5.92 Å². The Kier molecular flexibility index (Phi) is 4.33. The molecule has 2 aliphatic rings. The van der Waals surface area contributed by atoms with Crippen molar-refractivity contribution in [3.05, 3.63) is 42.0 Å². The van der Waals surface area contributed by atoms with Gasteiger partial charge in [-0.25, -0.2) is 24.3 Å². The van der Waals surface area contributed by atoms with E-state index < -0.39 is 5.82 Å². The van der Waals surface area contributed by atoms with E-state index in [9.17, 15) is 4.39 Å². The lowest BCUT2D eigenvalue weighted by atomic mass is 9.91. The fourth-order valence-electron chi connectivity index (χ4n) is 3.62. The molecule has 2 aromatic rings. The van der Waals surface area contributed by atoms with E-state index in [0.29, 0.717) is 17.8 Å². The van der Waals surface area contributed by atoms with Gasteiger partial charge in [-0.15, -0.1) is 0 Å². The summed E-state index contributed by atoms with van der Waals surface area (Å²) in [6.45, 7) is 5.78. The lowest BCUT2D eigenvalue weighted by molar-refractivity contribution is 0.0295. The smallest absolute Gasteiger partial charge is 0.225 e. The molecule has 2 aliphatic heterocycles. The molecule has 4 rings (SSSR count). The molecule has 2 saturated heterocycles. The van der Waals surface area contributed by atoms with Crippen molar-refractivity contribution in [2.45, 2.75) is 44.8 Å². The molecule has 0 aliphatic carbocycles. The van der Waals surface area contributed by atoms with E-state index in [4.69, 9.17) is 4.74 Å². The van der Waals surface area contributed by atoms with E-state index in [0.717, 1.165) is 37.4 Å². The minimum atomic E-state index is -0.416. The lowest BCUT2D eigenvalue weighted by Gasteiger charge is -2.33. The molecule has 0 aromatic carbocycles. The zero-order chi connectivity index (χ0) is 17.4. The van der Waals surface area contributed by atoms with Crippen LogP contribution >= 0.6 is 0 Å². The molecular weight excluding hydrogens is 321 g/mol. The number of fused-ring (bicyclic) bond motifs is 1. The molecule has 0 unspecified atom stereocenters. The predicted octanol–water partition coefficient (Wildman–Crippen LogP) is 2.89. The van der Waals surface area contributed by atoms with Gasteiger partial charge in [-0.1, -0.05) is 13.8 Å². The first-order valence-electron chi connectivity index (χ1n) is 8.81. The van der Waals surface area contributed by atoms with Gasteiger partial charge in [0, 0.05) is 25.2 Å². The van der Waals surface area contributed by atoms with Gasteiger partial charge < -0.3 is 9.64 Å². The quantitative estimate of drug-likeness (QED) is 0.854. The summed E-state index contributed by atoms with van der Waals surface area (Å²) in [6, 6.07) is 1.95. The first-order valence-corrected chi connectivity index (χ1v) is 8.81. The molecule has 7 heteroatoms. The largest absolute Gasteiger partial charge is 0.367 e. The van der Waals surface area contributed by atoms with Crippen LogP contribution in [0.2, 0.25) is 0 Å². The third kappa shape index (κ3) is 3.33. The van der Waals surface area contributed by atoms with E-state index in [1.54, 1.807) is 0 Å². The summed E-state index contributed by atoms with van der Waals surface area (Å²) in [7, 11) is 0. The van der Waals surface area contributed by atoms with E-state index in [1.165, 1.54) is 12.4 Å². The Balaban J connectivity index is 1.46. The highest BCUT2D eigenvalue weighted by Crippen LogP contribution is 2.40. The maximum Gasteiger partial charge on any atom is 0.225 e. The van der Waals surface area contributed by atoms with Crippen LogP contribution in [0.5, 0.6) is 0 Å². The first kappa shape index (κ1) is 16.3. The number of aromatic nitrogens is 4. The zero-order valence-electron chi connectivity index (χ0n) is 14.5. The predicted molar refractivity (Wildman–Crippen MR) is 90.7 cm³/mol. The molecule has 0 amide bonds. The van der Waals surface area contributed by atoms with Crippen LogP contribution in [0.4, 0.5) is 10.3 Å². The molecule has 25 heavy (non-hydrogen) atoms. The fourth-order valence-corrected chi connectivity index (χ4v) is 3.62. The normalized spacial score (nSPS) is 26.1. The topological polar surface area (TPSA) is 64.0 Å². The van der Waals surface area contributed by atoms with Crippen LogP contribution in [-0.2, 0) is 4.74 Å². The number of rotatable bonds is 3. The molecule has 2 aromatic heterocycles. The number of hydrogen-bond acceptors (Lipinski definition) is 6. The molecule has 132 valence electrons. The average Bonchev–Trinajstić information content (AvgIpc) is 3.06. The van der Waals surface area contributed by atoms with Crippen molar-refractivity contribution in [1.82, 2.24) is 19.9 Å². The Hall–Kier alpha value is -2.15. The molecule has 2 fully saturated rings. The highest BCUT2D eigenvalue weighted by atomic mass is 19.1. The number of halogens is 1. The van der Waals surface area contributed by atoms with E-state index >= 15 is 0 Å². The van der Waals surface area contributed by atoms with Crippen molar-refractivity contribution in [2.75, 3.05) is 18.0 Å². The third-order valence-electron chi connectivity index (χ3n) is 4.98. The van der Waals surface area contributed by atoms with Crippen molar-refractivity contribution in [1.29, 1.82) is 0 Å². The zero-order valence-corrected chi connectivity index (χ0v) is 14.5. The number of piperidine rings is 1. The van der Waals surface area contributed by atoms with Gasteiger partial charge in [-0.3, -0.25) is 0 Å². The highest BCUT2D eigenvalue weighted by molar-refractivity contribution is 5.30. The molecular formula is C18H22FN5O. The molecule has 3 atom stereocenters. The highest BCUT2D eigenvalue weighted by Gasteiger charge is 2.40. The molecule has 0 bridgehead atoms. The molecule has 0 radical (unpaired) electrons. The second-order valence-corrected chi connectivity index (χ2v) is 7.09. The minimum Gasteiger partial charge on any atom is -0.367 e. The van der Waals surface area contributed by atoms with E-state index in [-0.39, 0.29) is 12.2 Å². The summed E-state index contributed by atoms with van der Waals surface area (Å²) in [5.41, 5.74) is 0.970. The summed E-state index contributed by atoms with van der Waals surface area (Å²) in [6.07, 6.45) is 6.39. The second kappa shape index (κ2) is 6.63. The van der Waals surface area contributed by atoms with Gasteiger partial charge >= 0.3 is 0 Å². The number of hydrogen-bond donors (Lipinski definition) is 0. The van der Waals surface area contributed by atoms with Gasteiger partial charge in [0.15, 0.2) is 5.82 Å². The van der Waals surface area contributed by atoms with Gasteiger partial charge in [0.1, 0.15) is 11.9 Å². The molecule has 4 heterocycles. The van der Waals surface area contributed by atoms with Crippen LogP contribution in [0.1, 0.15) is 50.2 Å². The van der Waals surface area contributed by atoms with Crippen LogP contribution in [0, 0.1) is 11.7 Å². The van der Waals surface area contributed by atoms with E-state index in [2.05, 4.69) is 38.7 Å². The Bertz CT molecular complexity index is 739. The number of nitrogens with zero attached hydrogens (tertiary/aromatic N) is 5. The number of ether oxygens (including phenoxy) is 1. The summed E-state index contributed by atoms with van der Waals surface area (Å²) in [5, 5.41) is 0. The van der Waals surface area contributed by atoms with E-state index in [1.807, 2.05) is 12.3 Å². The summed E-state index contributed by atoms with van der Waals surface area (Å²) in [5.74, 6) is 1.82. The van der Waals surface area contributed by atoms with Crippen molar-refractivity contribution in [3.8, 4) is 0 Å². The monoisotopic (exact) mass is 343 g/mol. The maximum absolute atomic E-state index is 13.0. The average molecular weight is 343 g/mol. The van der Waals surface area contributed by atoms with Crippen LogP contribution in [-0.4, -0.2) is 39.1 Å². The standard InChI is InChI=1S/C18H22FN5O/c1-11(2)17-20-5-3-14(23-17)15-7-12-4-6-24(10-16(12)25-15)18-21-8-13(19)9-22-18/h3,5,8-9,11-12,15-16H,4,6-7,10H2,1-2H3/t12-,15-,16+/m1/s1. The van der Waals surface area contributed by atoms with Gasteiger partial charge in [-0.2, -0.15) is 0 Å². The molecule has 0 spiro atoms. The van der Waals surface area contributed by atoms with Crippen LogP contribution in [0.15, 0.2) is 24.7 Å². The Morgan fingerprint density at radius 1 is 1.24 bits per heavy atom. The maximum atomic E-state index is 13.0. The Morgan fingerprint density at radius 2 is 2.04 bits per heavy atom. The summed E-state index contributed by atoms with van der Waals surface area (Å²) in [4.78, 5) is 19.3. The summed E-state index contributed by atoms with van der Waals surface area (Å²) < 4.78 is 19.3. The third-order valence-corrected chi connectivity index (χ3v) is 4.98. The van der Waals surface area contributed by atoms with Gasteiger partial charge in [0.2, 0.25) is 5.95 Å². The molecule has 6 nitrogen and oxygen atoms in total. The van der Waals surface area contributed by atoms with Gasteiger partial charge in [0.25, 0.3) is 0 Å². The second-order valence-electron chi connectivity index (χ2n) is 7.09. The first-order chi connectivity index (χ1) is 12.1. The van der Waals surface area contributed by atoms with Crippen molar-refractivity contribution >= 4 is 5.95 Å². The fraction of sp³-hybridized carbons (Fsp3) is 0.556. The molecule has 0 N–H and O–H groups in total. The summed E-state index contributed by atoms with van der Waals surface area (Å²) >= 11 is 0. The van der Waals surface area contributed by atoms with Crippen LogP contribution < -0.4 is 4.90 Å². The number of anilines is 1. The van der Waals surface area contributed by atoms with Crippen LogP contribution in [0.3, 0.4) is 0 Å². The van der Waals surface area contributed by atoms with Crippen molar-refractivity contribution in [3.63, 3.8) is 0 Å². The Morgan fingerprint density at radius 3 is 2.80 bits per heavy atom.